The van der Waals surface area contributed by atoms with Crippen molar-refractivity contribution in [2.45, 2.75) is 18.9 Å². The number of aliphatic hydroxyl groups is 1. The number of amides is 1. The van der Waals surface area contributed by atoms with Crippen molar-refractivity contribution in [3.63, 3.8) is 0 Å². The van der Waals surface area contributed by atoms with Crippen molar-refractivity contribution in [1.29, 1.82) is 0 Å². The standard InChI is InChI=1S/C7H14N2O4S/c8-7(11)6-2-1-3-9(6)14(12,13)5-4-10/h6,10H,1-5H2,(H2,8,11). The monoisotopic (exact) mass is 222 g/mol. The summed E-state index contributed by atoms with van der Waals surface area (Å²) in [4.78, 5) is 10.9. The minimum atomic E-state index is -3.52. The maximum absolute atomic E-state index is 11.5. The molecule has 0 saturated carbocycles. The van der Waals surface area contributed by atoms with E-state index in [0.29, 0.717) is 19.4 Å². The van der Waals surface area contributed by atoms with Crippen LogP contribution in [0.1, 0.15) is 12.8 Å². The number of nitrogens with two attached hydrogens (primary N) is 1. The smallest absolute Gasteiger partial charge is 0.235 e. The number of rotatable bonds is 4. The average Bonchev–Trinajstić information content (AvgIpc) is 2.51. The van der Waals surface area contributed by atoms with Crippen LogP contribution < -0.4 is 5.73 Å². The van der Waals surface area contributed by atoms with Gasteiger partial charge >= 0.3 is 0 Å². The van der Waals surface area contributed by atoms with E-state index in [1.165, 1.54) is 0 Å². The molecule has 14 heavy (non-hydrogen) atoms. The lowest BCUT2D eigenvalue weighted by Gasteiger charge is -2.20. The van der Waals surface area contributed by atoms with Crippen LogP contribution in [0.2, 0.25) is 0 Å². The third kappa shape index (κ3) is 2.23. The Kier molecular flexibility index (Phi) is 3.46. The first-order valence-electron chi connectivity index (χ1n) is 4.38. The molecule has 1 saturated heterocycles. The molecule has 0 aromatic carbocycles. The van der Waals surface area contributed by atoms with Gasteiger partial charge in [-0.25, -0.2) is 8.42 Å². The Labute approximate surface area is 82.7 Å². The van der Waals surface area contributed by atoms with Gasteiger partial charge in [-0.1, -0.05) is 0 Å². The zero-order valence-corrected chi connectivity index (χ0v) is 8.53. The van der Waals surface area contributed by atoms with Gasteiger partial charge in [0.15, 0.2) is 0 Å². The van der Waals surface area contributed by atoms with E-state index >= 15 is 0 Å². The van der Waals surface area contributed by atoms with Crippen LogP contribution in [0.5, 0.6) is 0 Å². The second kappa shape index (κ2) is 4.24. The summed E-state index contributed by atoms with van der Waals surface area (Å²) in [7, 11) is -3.52. The van der Waals surface area contributed by atoms with Crippen LogP contribution >= 0.6 is 0 Å². The zero-order valence-electron chi connectivity index (χ0n) is 7.72. The third-order valence-corrected chi connectivity index (χ3v) is 4.09. The molecule has 1 unspecified atom stereocenters. The number of aliphatic hydroxyl groups excluding tert-OH is 1. The van der Waals surface area contributed by atoms with Crippen molar-refractivity contribution in [2.75, 3.05) is 18.9 Å². The van der Waals surface area contributed by atoms with Crippen molar-refractivity contribution in [3.8, 4) is 0 Å². The van der Waals surface area contributed by atoms with Crippen molar-refractivity contribution < 1.29 is 18.3 Å². The van der Waals surface area contributed by atoms with Crippen LogP contribution in [0.15, 0.2) is 0 Å². The van der Waals surface area contributed by atoms with Crippen LogP contribution in [-0.4, -0.2) is 48.7 Å². The number of carbonyl (C=O) groups excluding carboxylic acids is 1. The maximum atomic E-state index is 11.5. The molecule has 1 amide bonds. The predicted molar refractivity (Wildman–Crippen MR) is 49.8 cm³/mol. The highest BCUT2D eigenvalue weighted by Crippen LogP contribution is 2.20. The first-order valence-corrected chi connectivity index (χ1v) is 5.99. The van der Waals surface area contributed by atoms with Gasteiger partial charge in [0.05, 0.1) is 12.4 Å². The largest absolute Gasteiger partial charge is 0.395 e. The van der Waals surface area contributed by atoms with Gasteiger partial charge in [0.25, 0.3) is 0 Å². The summed E-state index contributed by atoms with van der Waals surface area (Å²) >= 11 is 0. The van der Waals surface area contributed by atoms with Gasteiger partial charge in [-0.15, -0.1) is 0 Å². The normalized spacial score (nSPS) is 23.9. The Hall–Kier alpha value is -0.660. The molecule has 3 N–H and O–H groups in total. The van der Waals surface area contributed by atoms with Crippen LogP contribution in [0.4, 0.5) is 0 Å². The first-order chi connectivity index (χ1) is 6.49. The summed E-state index contributed by atoms with van der Waals surface area (Å²) in [5.74, 6) is -0.972. The van der Waals surface area contributed by atoms with E-state index < -0.39 is 28.6 Å². The molecular formula is C7H14N2O4S. The molecule has 0 spiro atoms. The molecule has 0 aliphatic carbocycles. The Balaban J connectivity index is 2.81. The van der Waals surface area contributed by atoms with Crippen molar-refractivity contribution in [2.24, 2.45) is 5.73 Å². The van der Waals surface area contributed by atoms with Crippen LogP contribution in [0.25, 0.3) is 0 Å². The lowest BCUT2D eigenvalue weighted by Crippen LogP contribution is -2.44. The van der Waals surface area contributed by atoms with E-state index in [4.69, 9.17) is 10.8 Å². The predicted octanol–water partition coefficient (Wildman–Crippen LogP) is -1.74. The van der Waals surface area contributed by atoms with E-state index in [2.05, 4.69) is 0 Å². The fourth-order valence-electron chi connectivity index (χ4n) is 1.59. The number of hydrogen-bond acceptors (Lipinski definition) is 4. The second-order valence-electron chi connectivity index (χ2n) is 3.21. The molecule has 0 radical (unpaired) electrons. The second-order valence-corrected chi connectivity index (χ2v) is 5.25. The van der Waals surface area contributed by atoms with Gasteiger partial charge in [0.2, 0.25) is 15.9 Å². The van der Waals surface area contributed by atoms with Gasteiger partial charge in [-0.3, -0.25) is 4.79 Å². The summed E-state index contributed by atoms with van der Waals surface area (Å²) in [5.41, 5.74) is 5.07. The number of carbonyl (C=O) groups is 1. The fraction of sp³-hybridized carbons (Fsp3) is 0.857. The molecule has 1 heterocycles. The minimum Gasteiger partial charge on any atom is -0.395 e. The SMILES string of the molecule is NC(=O)C1CCCN1S(=O)(=O)CCO. The molecule has 82 valence electrons. The van der Waals surface area contributed by atoms with E-state index in [9.17, 15) is 13.2 Å². The minimum absolute atomic E-state index is 0.315. The maximum Gasteiger partial charge on any atom is 0.235 e. The van der Waals surface area contributed by atoms with Gasteiger partial charge in [0.1, 0.15) is 6.04 Å². The molecule has 1 fully saturated rings. The Bertz CT molecular complexity index is 314. The molecule has 1 aliphatic heterocycles. The number of hydrogen-bond donors (Lipinski definition) is 2. The summed E-state index contributed by atoms with van der Waals surface area (Å²) < 4.78 is 24.1. The van der Waals surface area contributed by atoms with Gasteiger partial charge in [0, 0.05) is 6.54 Å². The average molecular weight is 222 g/mol. The summed E-state index contributed by atoms with van der Waals surface area (Å²) in [6.07, 6.45) is 1.11. The third-order valence-electron chi connectivity index (χ3n) is 2.24. The molecular weight excluding hydrogens is 208 g/mol. The molecule has 1 rings (SSSR count). The van der Waals surface area contributed by atoms with E-state index in [1.54, 1.807) is 0 Å². The first kappa shape index (κ1) is 11.4. The molecule has 0 bridgehead atoms. The molecule has 6 nitrogen and oxygen atoms in total. The Morgan fingerprint density at radius 1 is 1.57 bits per heavy atom. The lowest BCUT2D eigenvalue weighted by molar-refractivity contribution is -0.121. The van der Waals surface area contributed by atoms with Crippen LogP contribution in [0, 0.1) is 0 Å². The molecule has 1 atom stereocenters. The number of primary amides is 1. The van der Waals surface area contributed by atoms with Crippen LogP contribution in [-0.2, 0) is 14.8 Å². The van der Waals surface area contributed by atoms with E-state index in [0.717, 1.165) is 4.31 Å². The summed E-state index contributed by atoms with van der Waals surface area (Å²) in [6.45, 7) is -0.125. The van der Waals surface area contributed by atoms with E-state index in [-0.39, 0.29) is 5.75 Å². The molecule has 0 aromatic heterocycles. The molecule has 1 aliphatic rings. The van der Waals surface area contributed by atoms with Gasteiger partial charge < -0.3 is 10.8 Å². The Morgan fingerprint density at radius 3 is 2.71 bits per heavy atom. The quantitative estimate of drug-likeness (QED) is 0.589. The van der Waals surface area contributed by atoms with Crippen molar-refractivity contribution >= 4 is 15.9 Å². The fourth-order valence-corrected chi connectivity index (χ4v) is 3.06. The topological polar surface area (TPSA) is 101 Å². The highest BCUT2D eigenvalue weighted by atomic mass is 32.2. The van der Waals surface area contributed by atoms with Crippen LogP contribution in [0.3, 0.4) is 0 Å². The molecule has 0 aromatic rings. The summed E-state index contributed by atoms with van der Waals surface area (Å²) in [6, 6.07) is -0.730. The molecule has 7 heteroatoms. The Morgan fingerprint density at radius 2 is 2.21 bits per heavy atom. The number of sulfonamides is 1. The lowest BCUT2D eigenvalue weighted by atomic mass is 10.2. The number of nitrogens with zero attached hydrogens (tertiary/aromatic N) is 1. The zero-order chi connectivity index (χ0) is 10.8. The van der Waals surface area contributed by atoms with Crippen molar-refractivity contribution in [1.82, 2.24) is 4.31 Å². The summed E-state index contributed by atoms with van der Waals surface area (Å²) in [5, 5.41) is 8.57. The van der Waals surface area contributed by atoms with Gasteiger partial charge in [-0.05, 0) is 12.8 Å². The highest BCUT2D eigenvalue weighted by molar-refractivity contribution is 7.89. The highest BCUT2D eigenvalue weighted by Gasteiger charge is 2.36. The van der Waals surface area contributed by atoms with Crippen molar-refractivity contribution in [3.05, 3.63) is 0 Å². The van der Waals surface area contributed by atoms with E-state index in [1.807, 2.05) is 0 Å². The van der Waals surface area contributed by atoms with Gasteiger partial charge in [-0.2, -0.15) is 4.31 Å².